The molecule has 7 heteroatoms. The van der Waals surface area contributed by atoms with Crippen molar-refractivity contribution in [2.24, 2.45) is 0 Å². The maximum atomic E-state index is 12.6. The molecule has 2 rings (SSSR count). The maximum Gasteiger partial charge on any atom is 0.326 e. The largest absolute Gasteiger partial charge is 0.480 e. The molecule has 2 fully saturated rings. The summed E-state index contributed by atoms with van der Waals surface area (Å²) in [6, 6.07) is -1.02. The number of carboxylic acid groups (broad SMARTS) is 1. The molecule has 0 aromatic carbocycles. The first kappa shape index (κ1) is 15.1. The molecular weight excluding hydrogens is 262 g/mol. The lowest BCUT2D eigenvalue weighted by Gasteiger charge is -2.37. The summed E-state index contributed by atoms with van der Waals surface area (Å²) in [5.74, 6) is -1.05. The highest BCUT2D eigenvalue weighted by atomic mass is 16.4. The van der Waals surface area contributed by atoms with Gasteiger partial charge in [0.05, 0.1) is 6.10 Å². The van der Waals surface area contributed by atoms with Gasteiger partial charge >= 0.3 is 12.0 Å². The van der Waals surface area contributed by atoms with Crippen LogP contribution in [0.1, 0.15) is 26.2 Å². The molecule has 2 amide bonds. The van der Waals surface area contributed by atoms with Crippen LogP contribution in [0, 0.1) is 0 Å². The summed E-state index contributed by atoms with van der Waals surface area (Å²) in [7, 11) is 0. The molecule has 2 heterocycles. The highest BCUT2D eigenvalue weighted by molar-refractivity contribution is 5.83. The van der Waals surface area contributed by atoms with Crippen molar-refractivity contribution in [1.29, 1.82) is 0 Å². The topological polar surface area (TPSA) is 93.1 Å². The van der Waals surface area contributed by atoms with E-state index in [-0.39, 0.29) is 25.0 Å². The first-order valence-electron chi connectivity index (χ1n) is 7.23. The van der Waals surface area contributed by atoms with Crippen LogP contribution in [-0.4, -0.2) is 76.4 Å². The summed E-state index contributed by atoms with van der Waals surface area (Å²) in [6.07, 6.45) is 1.14. The summed E-state index contributed by atoms with van der Waals surface area (Å²) in [6.45, 7) is 4.32. The van der Waals surface area contributed by atoms with Gasteiger partial charge in [0.25, 0.3) is 0 Å². The summed E-state index contributed by atoms with van der Waals surface area (Å²) in [5.41, 5.74) is 0. The SMILES string of the molecule is CCN(C(=O)N1C[C@H](O)C[C@H]1C(=O)O)C1CCNCC1. The average Bonchev–Trinajstić information content (AvgIpc) is 2.83. The molecule has 7 nitrogen and oxygen atoms in total. The lowest BCUT2D eigenvalue weighted by Crippen LogP contribution is -2.53. The molecule has 114 valence electrons. The monoisotopic (exact) mass is 285 g/mol. The van der Waals surface area contributed by atoms with E-state index in [1.807, 2.05) is 6.92 Å². The molecule has 0 aromatic heterocycles. The lowest BCUT2D eigenvalue weighted by molar-refractivity contribution is -0.141. The number of aliphatic hydroxyl groups excluding tert-OH is 1. The van der Waals surface area contributed by atoms with Gasteiger partial charge in [0.2, 0.25) is 0 Å². The Balaban J connectivity index is 2.08. The molecular formula is C13H23N3O4. The normalized spacial score (nSPS) is 27.6. The van der Waals surface area contributed by atoms with E-state index in [9.17, 15) is 19.8 Å². The number of aliphatic carboxylic acids is 1. The van der Waals surface area contributed by atoms with Crippen molar-refractivity contribution in [3.63, 3.8) is 0 Å². The third kappa shape index (κ3) is 3.04. The van der Waals surface area contributed by atoms with Crippen molar-refractivity contribution < 1.29 is 19.8 Å². The second-order valence-electron chi connectivity index (χ2n) is 5.45. The predicted octanol–water partition coefficient (Wildman–Crippen LogP) is -0.300. The zero-order valence-corrected chi connectivity index (χ0v) is 11.8. The van der Waals surface area contributed by atoms with Crippen molar-refractivity contribution >= 4 is 12.0 Å². The second-order valence-corrected chi connectivity index (χ2v) is 5.45. The van der Waals surface area contributed by atoms with Gasteiger partial charge in [0.1, 0.15) is 6.04 Å². The molecule has 0 aromatic rings. The van der Waals surface area contributed by atoms with Crippen LogP contribution >= 0.6 is 0 Å². The van der Waals surface area contributed by atoms with Gasteiger partial charge in [-0.05, 0) is 32.9 Å². The number of nitrogens with zero attached hydrogens (tertiary/aromatic N) is 2. The number of urea groups is 1. The molecule has 0 aliphatic carbocycles. The molecule has 2 aliphatic rings. The third-order valence-corrected chi connectivity index (χ3v) is 4.15. The van der Waals surface area contributed by atoms with Crippen molar-refractivity contribution in [2.75, 3.05) is 26.2 Å². The molecule has 2 aliphatic heterocycles. The summed E-state index contributed by atoms with van der Waals surface area (Å²) < 4.78 is 0. The van der Waals surface area contributed by atoms with Crippen LogP contribution in [0.15, 0.2) is 0 Å². The fourth-order valence-electron chi connectivity index (χ4n) is 3.09. The van der Waals surface area contributed by atoms with E-state index in [0.717, 1.165) is 25.9 Å². The predicted molar refractivity (Wildman–Crippen MR) is 72.4 cm³/mol. The zero-order valence-electron chi connectivity index (χ0n) is 11.8. The first-order valence-corrected chi connectivity index (χ1v) is 7.23. The van der Waals surface area contributed by atoms with Gasteiger partial charge in [-0.1, -0.05) is 0 Å². The fourth-order valence-corrected chi connectivity index (χ4v) is 3.09. The van der Waals surface area contributed by atoms with Crippen LogP contribution in [0.3, 0.4) is 0 Å². The smallest absolute Gasteiger partial charge is 0.326 e. The number of hydrogen-bond acceptors (Lipinski definition) is 4. The molecule has 3 N–H and O–H groups in total. The standard InChI is InChI=1S/C13H23N3O4/c1-2-15(9-3-5-14-6-4-9)13(20)16-8-10(17)7-11(16)12(18)19/h9-11,14,17H,2-8H2,1H3,(H,18,19)/t10-,11+/m1/s1. The van der Waals surface area contributed by atoms with Gasteiger partial charge in [0.15, 0.2) is 0 Å². The number of carbonyl (C=O) groups is 2. The van der Waals surface area contributed by atoms with Gasteiger partial charge in [-0.2, -0.15) is 0 Å². The molecule has 20 heavy (non-hydrogen) atoms. The van der Waals surface area contributed by atoms with Crippen LogP contribution in [0.2, 0.25) is 0 Å². The Hall–Kier alpha value is -1.34. The van der Waals surface area contributed by atoms with Gasteiger partial charge in [-0.3, -0.25) is 0 Å². The highest BCUT2D eigenvalue weighted by Gasteiger charge is 2.41. The molecule has 2 atom stereocenters. The minimum Gasteiger partial charge on any atom is -0.480 e. The molecule has 0 saturated carbocycles. The van der Waals surface area contributed by atoms with E-state index in [4.69, 9.17) is 0 Å². The lowest BCUT2D eigenvalue weighted by atomic mass is 10.1. The Morgan fingerprint density at radius 1 is 1.35 bits per heavy atom. The average molecular weight is 285 g/mol. The first-order chi connectivity index (χ1) is 9.54. The molecule has 0 bridgehead atoms. The molecule has 2 saturated heterocycles. The number of hydrogen-bond donors (Lipinski definition) is 3. The van der Waals surface area contributed by atoms with Crippen LogP contribution < -0.4 is 5.32 Å². The highest BCUT2D eigenvalue weighted by Crippen LogP contribution is 2.22. The van der Waals surface area contributed by atoms with E-state index in [1.165, 1.54) is 4.90 Å². The van der Waals surface area contributed by atoms with Crippen molar-refractivity contribution in [1.82, 2.24) is 15.1 Å². The number of piperidine rings is 1. The molecule has 0 radical (unpaired) electrons. The van der Waals surface area contributed by atoms with Crippen LogP contribution in [-0.2, 0) is 4.79 Å². The van der Waals surface area contributed by atoms with Crippen LogP contribution in [0.25, 0.3) is 0 Å². The van der Waals surface area contributed by atoms with Gasteiger partial charge < -0.3 is 25.3 Å². The van der Waals surface area contributed by atoms with E-state index in [1.54, 1.807) is 4.90 Å². The Labute approximate surface area is 118 Å². The number of nitrogens with one attached hydrogen (secondary N) is 1. The number of β-amino-alcohol motifs (C(OH)–C–C–N with tert-alkyl or cyclic N) is 1. The van der Waals surface area contributed by atoms with Gasteiger partial charge in [0, 0.05) is 25.6 Å². The Morgan fingerprint density at radius 3 is 2.55 bits per heavy atom. The maximum absolute atomic E-state index is 12.6. The summed E-state index contributed by atoms with van der Waals surface area (Å²) in [5, 5.41) is 22.1. The van der Waals surface area contributed by atoms with Crippen molar-refractivity contribution in [2.45, 2.75) is 44.4 Å². The Bertz CT molecular complexity index is 371. The Morgan fingerprint density at radius 2 is 2.00 bits per heavy atom. The zero-order chi connectivity index (χ0) is 14.7. The Kier molecular flexibility index (Phi) is 4.82. The summed E-state index contributed by atoms with van der Waals surface area (Å²) >= 11 is 0. The summed E-state index contributed by atoms with van der Waals surface area (Å²) in [4.78, 5) is 26.9. The number of likely N-dealkylation sites (tertiary alicyclic amines) is 1. The van der Waals surface area contributed by atoms with Crippen LogP contribution in [0.4, 0.5) is 4.79 Å². The number of carbonyl (C=O) groups excluding carboxylic acids is 1. The van der Waals surface area contributed by atoms with Crippen molar-refractivity contribution in [3.05, 3.63) is 0 Å². The molecule has 0 unspecified atom stereocenters. The quantitative estimate of drug-likeness (QED) is 0.662. The van der Waals surface area contributed by atoms with E-state index < -0.39 is 18.1 Å². The van der Waals surface area contributed by atoms with E-state index in [2.05, 4.69) is 5.32 Å². The molecule has 0 spiro atoms. The second kappa shape index (κ2) is 6.41. The van der Waals surface area contributed by atoms with Crippen LogP contribution in [0.5, 0.6) is 0 Å². The van der Waals surface area contributed by atoms with Gasteiger partial charge in [-0.15, -0.1) is 0 Å². The van der Waals surface area contributed by atoms with E-state index in [0.29, 0.717) is 6.54 Å². The van der Waals surface area contributed by atoms with Gasteiger partial charge in [-0.25, -0.2) is 9.59 Å². The minimum atomic E-state index is -1.05. The number of aliphatic hydroxyl groups is 1. The fraction of sp³-hybridized carbons (Fsp3) is 0.846. The van der Waals surface area contributed by atoms with E-state index >= 15 is 0 Å². The minimum absolute atomic E-state index is 0.108. The number of carboxylic acids is 1. The van der Waals surface area contributed by atoms with Crippen molar-refractivity contribution in [3.8, 4) is 0 Å². The third-order valence-electron chi connectivity index (χ3n) is 4.15. The number of amides is 2. The number of rotatable bonds is 3.